The first kappa shape index (κ1) is 19.0. The molecule has 1 aromatic carbocycles. The van der Waals surface area contributed by atoms with Gasteiger partial charge >= 0.3 is 0 Å². The number of hydrogen-bond donors (Lipinski definition) is 1. The fourth-order valence-electron chi connectivity index (χ4n) is 1.41. The predicted octanol–water partition coefficient (Wildman–Crippen LogP) is 4.33. The van der Waals surface area contributed by atoms with Crippen molar-refractivity contribution in [1.29, 1.82) is 0 Å². The first-order valence-electron chi connectivity index (χ1n) is 6.60. The van der Waals surface area contributed by atoms with Crippen LogP contribution in [-0.4, -0.2) is 5.91 Å². The highest BCUT2D eigenvalue weighted by Crippen LogP contribution is 2.04. The standard InChI is InChI=1S/C13H19NO.C2H6.CH4/c1-3-5-13(15)14-10-12-8-6-11(4-2)7-9-12;1-2;/h6-9H,3-5,10H2,1-2H3,(H,14,15);1-2H3;1H4. The maximum atomic E-state index is 11.2. The van der Waals surface area contributed by atoms with Gasteiger partial charge < -0.3 is 5.32 Å². The smallest absolute Gasteiger partial charge is 0.220 e. The molecule has 0 saturated carbocycles. The SMILES string of the molecule is C.CC.CCCC(=O)NCc1ccc(CC)cc1. The first-order chi connectivity index (χ1) is 8.26. The Morgan fingerprint density at radius 3 is 2.00 bits per heavy atom. The van der Waals surface area contributed by atoms with Gasteiger partial charge in [-0.25, -0.2) is 0 Å². The van der Waals surface area contributed by atoms with E-state index in [1.807, 2.05) is 20.8 Å². The molecule has 0 aliphatic heterocycles. The summed E-state index contributed by atoms with van der Waals surface area (Å²) in [6, 6.07) is 8.37. The normalized spacial score (nSPS) is 8.67. The van der Waals surface area contributed by atoms with E-state index in [4.69, 9.17) is 0 Å². The van der Waals surface area contributed by atoms with Gasteiger partial charge in [0.05, 0.1) is 0 Å². The molecule has 0 radical (unpaired) electrons. The van der Waals surface area contributed by atoms with Crippen LogP contribution in [0.3, 0.4) is 0 Å². The topological polar surface area (TPSA) is 29.1 Å². The third kappa shape index (κ3) is 7.88. The molecule has 0 aromatic heterocycles. The van der Waals surface area contributed by atoms with Crippen LogP contribution >= 0.6 is 0 Å². The molecule has 0 aliphatic carbocycles. The van der Waals surface area contributed by atoms with Gasteiger partial charge in [-0.3, -0.25) is 4.79 Å². The summed E-state index contributed by atoms with van der Waals surface area (Å²) < 4.78 is 0. The minimum Gasteiger partial charge on any atom is -0.352 e. The summed E-state index contributed by atoms with van der Waals surface area (Å²) in [5, 5.41) is 2.90. The van der Waals surface area contributed by atoms with Gasteiger partial charge in [-0.15, -0.1) is 0 Å². The molecule has 1 rings (SSSR count). The zero-order chi connectivity index (χ0) is 13.1. The lowest BCUT2D eigenvalue weighted by molar-refractivity contribution is -0.121. The van der Waals surface area contributed by atoms with Crippen LogP contribution < -0.4 is 5.32 Å². The lowest BCUT2D eigenvalue weighted by Gasteiger charge is -2.05. The zero-order valence-corrected chi connectivity index (χ0v) is 11.5. The Morgan fingerprint density at radius 1 is 1.06 bits per heavy atom. The van der Waals surface area contributed by atoms with Gasteiger partial charge in [-0.05, 0) is 24.0 Å². The molecule has 0 spiro atoms. The Balaban J connectivity index is 0. The van der Waals surface area contributed by atoms with Gasteiger partial charge in [0.1, 0.15) is 0 Å². The second kappa shape index (κ2) is 12.2. The molecule has 1 amide bonds. The van der Waals surface area contributed by atoms with E-state index in [1.165, 1.54) is 5.56 Å². The Bertz CT molecular complexity index is 303. The molecule has 0 aliphatic rings. The number of carbonyl (C=O) groups is 1. The molecular formula is C16H29NO. The number of benzene rings is 1. The van der Waals surface area contributed by atoms with Gasteiger partial charge in [0.25, 0.3) is 0 Å². The third-order valence-electron chi connectivity index (χ3n) is 2.40. The number of carbonyl (C=O) groups excluding carboxylic acids is 1. The highest BCUT2D eigenvalue weighted by Gasteiger charge is 1.98. The summed E-state index contributed by atoms with van der Waals surface area (Å²) in [5.74, 6) is 0.136. The van der Waals surface area contributed by atoms with Crippen LogP contribution in [0.25, 0.3) is 0 Å². The monoisotopic (exact) mass is 251 g/mol. The lowest BCUT2D eigenvalue weighted by atomic mass is 10.1. The maximum absolute atomic E-state index is 11.2. The zero-order valence-electron chi connectivity index (χ0n) is 11.5. The van der Waals surface area contributed by atoms with Crippen LogP contribution in [0.4, 0.5) is 0 Å². The summed E-state index contributed by atoms with van der Waals surface area (Å²) in [7, 11) is 0. The summed E-state index contributed by atoms with van der Waals surface area (Å²) in [6.07, 6.45) is 2.58. The van der Waals surface area contributed by atoms with Crippen molar-refractivity contribution in [2.45, 2.75) is 60.9 Å². The van der Waals surface area contributed by atoms with E-state index in [2.05, 4.69) is 36.5 Å². The Kier molecular flexibility index (Phi) is 12.9. The average molecular weight is 251 g/mol. The Morgan fingerprint density at radius 2 is 1.56 bits per heavy atom. The van der Waals surface area contributed by atoms with E-state index >= 15 is 0 Å². The minimum absolute atomic E-state index is 0. The lowest BCUT2D eigenvalue weighted by Crippen LogP contribution is -2.21. The molecule has 1 N–H and O–H groups in total. The molecule has 0 atom stereocenters. The summed E-state index contributed by atoms with van der Waals surface area (Å²) in [6.45, 7) is 8.79. The third-order valence-corrected chi connectivity index (χ3v) is 2.40. The molecule has 0 bridgehead atoms. The second-order valence-electron chi connectivity index (χ2n) is 3.70. The van der Waals surface area contributed by atoms with Crippen LogP contribution in [0.5, 0.6) is 0 Å². The Labute approximate surface area is 113 Å². The molecular weight excluding hydrogens is 222 g/mol. The summed E-state index contributed by atoms with van der Waals surface area (Å²) in [5.41, 5.74) is 2.50. The molecule has 0 saturated heterocycles. The number of hydrogen-bond acceptors (Lipinski definition) is 1. The van der Waals surface area contributed by atoms with E-state index < -0.39 is 0 Å². The van der Waals surface area contributed by atoms with Crippen molar-refractivity contribution in [3.05, 3.63) is 35.4 Å². The minimum atomic E-state index is 0. The highest BCUT2D eigenvalue weighted by atomic mass is 16.1. The van der Waals surface area contributed by atoms with Crippen LogP contribution in [0.15, 0.2) is 24.3 Å². The van der Waals surface area contributed by atoms with Crippen LogP contribution in [0.1, 0.15) is 59.1 Å². The van der Waals surface area contributed by atoms with Gasteiger partial charge in [0, 0.05) is 13.0 Å². The van der Waals surface area contributed by atoms with E-state index in [0.717, 1.165) is 18.4 Å². The number of nitrogens with one attached hydrogen (secondary N) is 1. The fourth-order valence-corrected chi connectivity index (χ4v) is 1.41. The molecule has 1 aromatic rings. The fraction of sp³-hybridized carbons (Fsp3) is 0.562. The summed E-state index contributed by atoms with van der Waals surface area (Å²) >= 11 is 0. The first-order valence-corrected chi connectivity index (χ1v) is 6.60. The van der Waals surface area contributed by atoms with Crippen molar-refractivity contribution in [3.63, 3.8) is 0 Å². The largest absolute Gasteiger partial charge is 0.352 e. The van der Waals surface area contributed by atoms with Crippen LogP contribution in [0.2, 0.25) is 0 Å². The van der Waals surface area contributed by atoms with E-state index in [0.29, 0.717) is 13.0 Å². The molecule has 0 unspecified atom stereocenters. The predicted molar refractivity (Wildman–Crippen MR) is 80.7 cm³/mol. The van der Waals surface area contributed by atoms with Crippen molar-refractivity contribution in [2.75, 3.05) is 0 Å². The molecule has 18 heavy (non-hydrogen) atoms. The Hall–Kier alpha value is -1.31. The second-order valence-corrected chi connectivity index (χ2v) is 3.70. The van der Waals surface area contributed by atoms with E-state index in [1.54, 1.807) is 0 Å². The van der Waals surface area contributed by atoms with Crippen molar-refractivity contribution < 1.29 is 4.79 Å². The molecule has 0 fully saturated rings. The van der Waals surface area contributed by atoms with E-state index in [-0.39, 0.29) is 13.3 Å². The van der Waals surface area contributed by atoms with Crippen molar-refractivity contribution in [1.82, 2.24) is 5.32 Å². The molecule has 0 heterocycles. The number of aryl methyl sites for hydroxylation is 1. The average Bonchev–Trinajstić information content (AvgIpc) is 2.40. The number of amides is 1. The number of rotatable bonds is 5. The van der Waals surface area contributed by atoms with Crippen molar-refractivity contribution in [3.8, 4) is 0 Å². The molecule has 2 nitrogen and oxygen atoms in total. The quantitative estimate of drug-likeness (QED) is 0.829. The molecule has 2 heteroatoms. The van der Waals surface area contributed by atoms with E-state index in [9.17, 15) is 4.79 Å². The molecule has 104 valence electrons. The van der Waals surface area contributed by atoms with Gasteiger partial charge in [-0.1, -0.05) is 59.4 Å². The maximum Gasteiger partial charge on any atom is 0.220 e. The van der Waals surface area contributed by atoms with Gasteiger partial charge in [0.2, 0.25) is 5.91 Å². The van der Waals surface area contributed by atoms with Gasteiger partial charge in [-0.2, -0.15) is 0 Å². The van der Waals surface area contributed by atoms with Crippen LogP contribution in [-0.2, 0) is 17.8 Å². The van der Waals surface area contributed by atoms with Crippen molar-refractivity contribution >= 4 is 5.91 Å². The van der Waals surface area contributed by atoms with Gasteiger partial charge in [0.15, 0.2) is 0 Å². The summed E-state index contributed by atoms with van der Waals surface area (Å²) in [4.78, 5) is 11.2. The van der Waals surface area contributed by atoms with Crippen LogP contribution in [0, 0.1) is 0 Å². The highest BCUT2D eigenvalue weighted by molar-refractivity contribution is 5.75. The van der Waals surface area contributed by atoms with Crippen molar-refractivity contribution in [2.24, 2.45) is 0 Å².